The van der Waals surface area contributed by atoms with Crippen LogP contribution in [0.1, 0.15) is 19.8 Å². The zero-order valence-electron chi connectivity index (χ0n) is 11.5. The summed E-state index contributed by atoms with van der Waals surface area (Å²) in [6, 6.07) is -1.17. The molecule has 0 aromatic rings. The maximum absolute atomic E-state index is 12.0. The molecule has 108 valence electrons. The van der Waals surface area contributed by atoms with Gasteiger partial charge in [0.05, 0.1) is 6.61 Å². The third kappa shape index (κ3) is 3.91. The number of esters is 1. The third-order valence-electron chi connectivity index (χ3n) is 3.70. The van der Waals surface area contributed by atoms with Crippen molar-refractivity contribution in [1.82, 2.24) is 9.80 Å². The van der Waals surface area contributed by atoms with Crippen LogP contribution in [0.3, 0.4) is 0 Å². The summed E-state index contributed by atoms with van der Waals surface area (Å²) in [5.74, 6) is -0.0820. The molecule has 1 aliphatic carbocycles. The van der Waals surface area contributed by atoms with E-state index in [1.54, 1.807) is 11.8 Å². The smallest absolute Gasteiger partial charge is 0.332 e. The second kappa shape index (κ2) is 6.34. The molecule has 0 aromatic heterocycles. The summed E-state index contributed by atoms with van der Waals surface area (Å²) >= 11 is 0. The molecule has 1 aliphatic heterocycles. The highest BCUT2D eigenvalue weighted by molar-refractivity contribution is 6.01. The molecule has 2 N–H and O–H groups in total. The van der Waals surface area contributed by atoms with Gasteiger partial charge >= 0.3 is 5.97 Å². The van der Waals surface area contributed by atoms with Gasteiger partial charge in [0.15, 0.2) is 6.04 Å². The van der Waals surface area contributed by atoms with E-state index in [9.17, 15) is 9.59 Å². The van der Waals surface area contributed by atoms with Crippen molar-refractivity contribution in [3.63, 3.8) is 0 Å². The van der Waals surface area contributed by atoms with Crippen LogP contribution in [0.15, 0.2) is 0 Å². The number of amides is 1. The standard InChI is InChI=1S/C13H23N3O3/c1-2-19-13(18)11(14)12(17)16-7-5-15(6-8-16)9-10-3-4-10/h10-11H,2-9,14H2,1H3. The van der Waals surface area contributed by atoms with Crippen LogP contribution in [-0.4, -0.2) is 67.0 Å². The Morgan fingerprint density at radius 3 is 2.42 bits per heavy atom. The molecule has 0 bridgehead atoms. The van der Waals surface area contributed by atoms with Gasteiger partial charge in [-0.1, -0.05) is 0 Å². The second-order valence-electron chi connectivity index (χ2n) is 5.30. The summed E-state index contributed by atoms with van der Waals surface area (Å²) < 4.78 is 4.78. The fourth-order valence-corrected chi connectivity index (χ4v) is 2.35. The number of ether oxygens (including phenoxy) is 1. The van der Waals surface area contributed by atoms with Gasteiger partial charge < -0.3 is 15.4 Å². The Balaban J connectivity index is 1.76. The van der Waals surface area contributed by atoms with Crippen molar-refractivity contribution >= 4 is 11.9 Å². The lowest BCUT2D eigenvalue weighted by Gasteiger charge is -2.35. The van der Waals surface area contributed by atoms with E-state index in [1.165, 1.54) is 12.8 Å². The van der Waals surface area contributed by atoms with E-state index in [0.717, 1.165) is 25.6 Å². The monoisotopic (exact) mass is 269 g/mol. The summed E-state index contributed by atoms with van der Waals surface area (Å²) in [6.07, 6.45) is 2.68. The van der Waals surface area contributed by atoms with Gasteiger partial charge in [-0.05, 0) is 25.7 Å². The maximum Gasteiger partial charge on any atom is 0.332 e. The van der Waals surface area contributed by atoms with Gasteiger partial charge in [-0.2, -0.15) is 0 Å². The van der Waals surface area contributed by atoms with Crippen LogP contribution in [0.5, 0.6) is 0 Å². The predicted molar refractivity (Wildman–Crippen MR) is 70.4 cm³/mol. The minimum absolute atomic E-state index is 0.245. The number of rotatable bonds is 5. The summed E-state index contributed by atoms with van der Waals surface area (Å²) in [7, 11) is 0. The van der Waals surface area contributed by atoms with Crippen molar-refractivity contribution in [3.8, 4) is 0 Å². The van der Waals surface area contributed by atoms with Crippen LogP contribution >= 0.6 is 0 Å². The van der Waals surface area contributed by atoms with E-state index in [1.807, 2.05) is 0 Å². The lowest BCUT2D eigenvalue weighted by Crippen LogP contribution is -2.55. The average molecular weight is 269 g/mol. The van der Waals surface area contributed by atoms with Crippen molar-refractivity contribution in [2.75, 3.05) is 39.3 Å². The number of carbonyl (C=O) groups excluding carboxylic acids is 2. The topological polar surface area (TPSA) is 75.9 Å². The summed E-state index contributed by atoms with van der Waals surface area (Å²) in [5.41, 5.74) is 5.62. The minimum Gasteiger partial charge on any atom is -0.464 e. The molecule has 2 aliphatic rings. The maximum atomic E-state index is 12.0. The highest BCUT2D eigenvalue weighted by atomic mass is 16.5. The molecule has 0 spiro atoms. The van der Waals surface area contributed by atoms with E-state index in [-0.39, 0.29) is 12.5 Å². The Bertz CT molecular complexity index is 336. The Hall–Kier alpha value is -1.14. The Kier molecular flexibility index (Phi) is 4.76. The van der Waals surface area contributed by atoms with E-state index >= 15 is 0 Å². The highest BCUT2D eigenvalue weighted by Gasteiger charge is 2.32. The number of nitrogens with zero attached hydrogens (tertiary/aromatic N) is 2. The number of nitrogens with two attached hydrogens (primary N) is 1. The normalized spacial score (nSPS) is 22.1. The zero-order chi connectivity index (χ0) is 13.8. The van der Waals surface area contributed by atoms with Gasteiger partial charge in [0.25, 0.3) is 5.91 Å². The number of hydrogen-bond donors (Lipinski definition) is 1. The second-order valence-corrected chi connectivity index (χ2v) is 5.30. The van der Waals surface area contributed by atoms with Crippen LogP contribution in [0, 0.1) is 5.92 Å². The molecule has 2 fully saturated rings. The van der Waals surface area contributed by atoms with Gasteiger partial charge in [-0.15, -0.1) is 0 Å². The largest absolute Gasteiger partial charge is 0.464 e. The molecular formula is C13H23N3O3. The van der Waals surface area contributed by atoms with E-state index < -0.39 is 12.0 Å². The molecule has 1 unspecified atom stereocenters. The van der Waals surface area contributed by atoms with Crippen molar-refractivity contribution in [3.05, 3.63) is 0 Å². The molecule has 1 atom stereocenters. The number of piperazine rings is 1. The minimum atomic E-state index is -1.17. The Morgan fingerprint density at radius 1 is 1.26 bits per heavy atom. The average Bonchev–Trinajstić information content (AvgIpc) is 3.22. The first-order valence-electron chi connectivity index (χ1n) is 7.05. The molecule has 2 rings (SSSR count). The molecule has 0 radical (unpaired) electrons. The molecule has 19 heavy (non-hydrogen) atoms. The van der Waals surface area contributed by atoms with Gasteiger partial charge in [-0.25, -0.2) is 4.79 Å². The van der Waals surface area contributed by atoms with Crippen LogP contribution < -0.4 is 5.73 Å². The molecule has 1 amide bonds. The van der Waals surface area contributed by atoms with Crippen LogP contribution in [0.25, 0.3) is 0 Å². The SMILES string of the molecule is CCOC(=O)C(N)C(=O)N1CCN(CC2CC2)CC1. The van der Waals surface area contributed by atoms with E-state index in [0.29, 0.717) is 13.1 Å². The quantitative estimate of drug-likeness (QED) is 0.534. The first-order chi connectivity index (χ1) is 9.11. The zero-order valence-corrected chi connectivity index (χ0v) is 11.5. The summed E-state index contributed by atoms with van der Waals surface area (Å²) in [4.78, 5) is 27.5. The van der Waals surface area contributed by atoms with Crippen LogP contribution in [-0.2, 0) is 14.3 Å². The highest BCUT2D eigenvalue weighted by Crippen LogP contribution is 2.29. The van der Waals surface area contributed by atoms with Gasteiger partial charge in [0, 0.05) is 32.7 Å². The molecular weight excluding hydrogens is 246 g/mol. The van der Waals surface area contributed by atoms with Crippen molar-refractivity contribution in [1.29, 1.82) is 0 Å². The van der Waals surface area contributed by atoms with Gasteiger partial charge in [-0.3, -0.25) is 9.69 Å². The lowest BCUT2D eigenvalue weighted by atomic mass is 10.2. The van der Waals surface area contributed by atoms with E-state index in [4.69, 9.17) is 10.5 Å². The molecule has 6 nitrogen and oxygen atoms in total. The fraction of sp³-hybridized carbons (Fsp3) is 0.846. The number of carbonyl (C=O) groups is 2. The summed E-state index contributed by atoms with van der Waals surface area (Å²) in [6.45, 7) is 6.14. The molecule has 1 heterocycles. The summed E-state index contributed by atoms with van der Waals surface area (Å²) in [5, 5.41) is 0. The molecule has 1 saturated heterocycles. The molecule has 6 heteroatoms. The van der Waals surface area contributed by atoms with Crippen molar-refractivity contribution in [2.24, 2.45) is 11.7 Å². The molecule has 0 aromatic carbocycles. The third-order valence-corrected chi connectivity index (χ3v) is 3.70. The molecule has 1 saturated carbocycles. The van der Waals surface area contributed by atoms with Gasteiger partial charge in [0.2, 0.25) is 0 Å². The van der Waals surface area contributed by atoms with Gasteiger partial charge in [0.1, 0.15) is 0 Å². The first-order valence-corrected chi connectivity index (χ1v) is 7.05. The van der Waals surface area contributed by atoms with E-state index in [2.05, 4.69) is 4.90 Å². The lowest BCUT2D eigenvalue weighted by molar-refractivity contribution is -0.151. The first kappa shape index (κ1) is 14.3. The number of hydrogen-bond acceptors (Lipinski definition) is 5. The Morgan fingerprint density at radius 2 is 1.89 bits per heavy atom. The van der Waals surface area contributed by atoms with Crippen LogP contribution in [0.4, 0.5) is 0 Å². The predicted octanol–water partition coefficient (Wildman–Crippen LogP) is -0.569. The van der Waals surface area contributed by atoms with Crippen molar-refractivity contribution in [2.45, 2.75) is 25.8 Å². The fourth-order valence-electron chi connectivity index (χ4n) is 2.35. The van der Waals surface area contributed by atoms with Crippen molar-refractivity contribution < 1.29 is 14.3 Å². The Labute approximate surface area is 113 Å². The van der Waals surface area contributed by atoms with Crippen LogP contribution in [0.2, 0.25) is 0 Å².